The van der Waals surface area contributed by atoms with Crippen LogP contribution in [-0.2, 0) is 0 Å². The average molecular weight is 352 g/mol. The average Bonchev–Trinajstić information content (AvgIpc) is 2.29. The number of benzene rings is 1. The molecule has 0 unspecified atom stereocenters. The Hall–Kier alpha value is -1.04. The zero-order chi connectivity index (χ0) is 13.3. The van der Waals surface area contributed by atoms with Crippen molar-refractivity contribution in [3.05, 3.63) is 44.7 Å². The minimum Gasteiger partial charge on any atom is -0.435 e. The van der Waals surface area contributed by atoms with Gasteiger partial charge in [-0.2, -0.15) is 0 Å². The smallest absolute Gasteiger partial charge is 0.238 e. The quantitative estimate of drug-likeness (QED) is 0.800. The highest BCUT2D eigenvalue weighted by Crippen LogP contribution is 2.34. The summed E-state index contributed by atoms with van der Waals surface area (Å²) >= 11 is 14.6. The molecule has 0 fully saturated rings. The number of nitrogens with zero attached hydrogens (tertiary/aromatic N) is 1. The molecule has 0 spiro atoms. The zero-order valence-electron chi connectivity index (χ0n) is 8.75. The molecule has 0 saturated heterocycles. The molecule has 1 aromatic heterocycles. The van der Waals surface area contributed by atoms with Crippen molar-refractivity contribution < 1.29 is 9.13 Å². The Morgan fingerprint density at radius 1 is 1.28 bits per heavy atom. The summed E-state index contributed by atoms with van der Waals surface area (Å²) in [7, 11) is 0. The van der Waals surface area contributed by atoms with Crippen LogP contribution in [0, 0.1) is 5.82 Å². The van der Waals surface area contributed by atoms with E-state index in [9.17, 15) is 4.39 Å². The zero-order valence-corrected chi connectivity index (χ0v) is 11.9. The third-order valence-corrected chi connectivity index (χ3v) is 3.12. The Labute approximate surface area is 121 Å². The fraction of sp³-hybridized carbons (Fsp3) is 0. The number of pyridine rings is 1. The van der Waals surface area contributed by atoms with Crippen LogP contribution in [0.1, 0.15) is 0 Å². The first kappa shape index (κ1) is 13.4. The van der Waals surface area contributed by atoms with Gasteiger partial charge in [-0.25, -0.2) is 9.37 Å². The summed E-state index contributed by atoms with van der Waals surface area (Å²) in [6.07, 6.45) is 1.37. The first-order chi connectivity index (χ1) is 8.47. The van der Waals surface area contributed by atoms with Gasteiger partial charge in [-0.1, -0.05) is 23.2 Å². The molecule has 0 atom stereocenters. The molecule has 0 saturated carbocycles. The number of hydrogen-bond donors (Lipinski definition) is 1. The van der Waals surface area contributed by atoms with Crippen LogP contribution in [0.4, 0.5) is 10.1 Å². The van der Waals surface area contributed by atoms with E-state index in [4.69, 9.17) is 33.7 Å². The maximum Gasteiger partial charge on any atom is 0.238 e. The SMILES string of the molecule is Nc1cc(Br)c(F)cc1Oc1ncc(Cl)cc1Cl. The van der Waals surface area contributed by atoms with Crippen LogP contribution in [-0.4, -0.2) is 4.98 Å². The number of halogens is 4. The van der Waals surface area contributed by atoms with Crippen molar-refractivity contribution in [1.29, 1.82) is 0 Å². The van der Waals surface area contributed by atoms with Gasteiger partial charge < -0.3 is 10.5 Å². The molecule has 0 amide bonds. The summed E-state index contributed by atoms with van der Waals surface area (Å²) in [4.78, 5) is 3.89. The van der Waals surface area contributed by atoms with Crippen molar-refractivity contribution in [3.63, 3.8) is 0 Å². The largest absolute Gasteiger partial charge is 0.435 e. The van der Waals surface area contributed by atoms with Gasteiger partial charge in [0.25, 0.3) is 0 Å². The molecule has 1 aromatic carbocycles. The molecular weight excluding hydrogens is 346 g/mol. The van der Waals surface area contributed by atoms with Crippen LogP contribution in [0.2, 0.25) is 10.0 Å². The number of rotatable bonds is 2. The Kier molecular flexibility index (Phi) is 3.94. The van der Waals surface area contributed by atoms with Gasteiger partial charge in [-0.05, 0) is 28.1 Å². The van der Waals surface area contributed by atoms with Crippen LogP contribution in [0.3, 0.4) is 0 Å². The van der Waals surface area contributed by atoms with Crippen molar-refractivity contribution in [2.24, 2.45) is 0 Å². The highest BCUT2D eigenvalue weighted by atomic mass is 79.9. The van der Waals surface area contributed by atoms with Crippen molar-refractivity contribution in [2.75, 3.05) is 5.73 Å². The van der Waals surface area contributed by atoms with Gasteiger partial charge >= 0.3 is 0 Å². The maximum atomic E-state index is 13.4. The van der Waals surface area contributed by atoms with Crippen molar-refractivity contribution in [2.45, 2.75) is 0 Å². The second-order valence-electron chi connectivity index (χ2n) is 3.35. The van der Waals surface area contributed by atoms with Crippen LogP contribution >= 0.6 is 39.1 Å². The van der Waals surface area contributed by atoms with Crippen molar-refractivity contribution >= 4 is 44.8 Å². The lowest BCUT2D eigenvalue weighted by atomic mass is 10.3. The number of nitrogens with two attached hydrogens (primary N) is 1. The molecule has 94 valence electrons. The normalized spacial score (nSPS) is 10.4. The Morgan fingerprint density at radius 3 is 2.67 bits per heavy atom. The molecule has 2 N–H and O–H groups in total. The van der Waals surface area contributed by atoms with E-state index in [0.717, 1.165) is 6.07 Å². The molecule has 0 aliphatic heterocycles. The van der Waals surface area contributed by atoms with Crippen LogP contribution in [0.25, 0.3) is 0 Å². The summed E-state index contributed by atoms with van der Waals surface area (Å²) < 4.78 is 19.0. The minimum atomic E-state index is -0.496. The molecule has 18 heavy (non-hydrogen) atoms. The summed E-state index contributed by atoms with van der Waals surface area (Å²) in [6, 6.07) is 4.01. The standard InChI is InChI=1S/C11H6BrCl2FN2O/c12-6-2-9(16)10(3-8(6)15)18-11-7(14)1-5(13)4-17-11/h1-4H,16H2. The van der Waals surface area contributed by atoms with E-state index in [1.54, 1.807) is 0 Å². The van der Waals surface area contributed by atoms with E-state index in [1.165, 1.54) is 18.3 Å². The van der Waals surface area contributed by atoms with Gasteiger partial charge in [0.2, 0.25) is 5.88 Å². The first-order valence-corrected chi connectivity index (χ1v) is 6.25. The molecule has 0 aliphatic rings. The lowest BCUT2D eigenvalue weighted by molar-refractivity contribution is 0.460. The lowest BCUT2D eigenvalue weighted by Gasteiger charge is -2.09. The Morgan fingerprint density at radius 2 is 2.00 bits per heavy atom. The molecule has 3 nitrogen and oxygen atoms in total. The highest BCUT2D eigenvalue weighted by molar-refractivity contribution is 9.10. The van der Waals surface area contributed by atoms with E-state index in [-0.39, 0.29) is 26.8 Å². The van der Waals surface area contributed by atoms with Crippen LogP contribution < -0.4 is 10.5 Å². The third-order valence-electron chi connectivity index (χ3n) is 2.03. The van der Waals surface area contributed by atoms with E-state index in [0.29, 0.717) is 5.02 Å². The Balaban J connectivity index is 2.37. The molecule has 0 bridgehead atoms. The van der Waals surface area contributed by atoms with Crippen molar-refractivity contribution in [1.82, 2.24) is 4.98 Å². The van der Waals surface area contributed by atoms with E-state index < -0.39 is 5.82 Å². The molecule has 0 aliphatic carbocycles. The minimum absolute atomic E-state index is 0.106. The number of aromatic nitrogens is 1. The second-order valence-corrected chi connectivity index (χ2v) is 5.04. The number of ether oxygens (including phenoxy) is 1. The predicted octanol–water partition coefficient (Wildman–Crippen LogP) is 4.66. The third kappa shape index (κ3) is 2.85. The molecule has 0 radical (unpaired) electrons. The maximum absolute atomic E-state index is 13.4. The van der Waals surface area contributed by atoms with E-state index in [2.05, 4.69) is 20.9 Å². The van der Waals surface area contributed by atoms with E-state index >= 15 is 0 Å². The molecule has 2 aromatic rings. The number of hydrogen-bond acceptors (Lipinski definition) is 3. The monoisotopic (exact) mass is 350 g/mol. The Bertz CT molecular complexity index is 610. The predicted molar refractivity (Wildman–Crippen MR) is 72.8 cm³/mol. The molecule has 7 heteroatoms. The van der Waals surface area contributed by atoms with Gasteiger partial charge in [0.15, 0.2) is 5.75 Å². The van der Waals surface area contributed by atoms with Crippen LogP contribution in [0.15, 0.2) is 28.9 Å². The lowest BCUT2D eigenvalue weighted by Crippen LogP contribution is -1.95. The fourth-order valence-electron chi connectivity index (χ4n) is 1.21. The topological polar surface area (TPSA) is 48.1 Å². The molecule has 2 rings (SSSR count). The van der Waals surface area contributed by atoms with Crippen LogP contribution in [0.5, 0.6) is 11.6 Å². The van der Waals surface area contributed by atoms with Gasteiger partial charge in [0.05, 0.1) is 15.2 Å². The first-order valence-electron chi connectivity index (χ1n) is 4.71. The van der Waals surface area contributed by atoms with Gasteiger partial charge in [-0.3, -0.25) is 0 Å². The van der Waals surface area contributed by atoms with E-state index in [1.807, 2.05) is 0 Å². The number of anilines is 1. The van der Waals surface area contributed by atoms with Crippen molar-refractivity contribution in [3.8, 4) is 11.6 Å². The second kappa shape index (κ2) is 5.30. The van der Waals surface area contributed by atoms with Gasteiger partial charge in [0, 0.05) is 12.3 Å². The molecule has 1 heterocycles. The summed E-state index contributed by atoms with van der Waals surface area (Å²) in [5.41, 5.74) is 5.96. The molecular formula is C11H6BrCl2FN2O. The van der Waals surface area contributed by atoms with Gasteiger partial charge in [-0.15, -0.1) is 0 Å². The summed E-state index contributed by atoms with van der Waals surface area (Å²) in [6.45, 7) is 0. The fourth-order valence-corrected chi connectivity index (χ4v) is 1.99. The summed E-state index contributed by atoms with van der Waals surface area (Å²) in [5.74, 6) is -0.258. The number of nitrogen functional groups attached to an aromatic ring is 1. The highest BCUT2D eigenvalue weighted by Gasteiger charge is 2.11. The van der Waals surface area contributed by atoms with Gasteiger partial charge in [0.1, 0.15) is 10.8 Å². The summed E-state index contributed by atoms with van der Waals surface area (Å²) in [5, 5.41) is 0.590.